The van der Waals surface area contributed by atoms with Crippen LogP contribution in [0.5, 0.6) is 5.75 Å². The predicted molar refractivity (Wildman–Crippen MR) is 102 cm³/mol. The smallest absolute Gasteiger partial charge is 0.410 e. The van der Waals surface area contributed by atoms with Crippen LogP contribution in [0, 0.1) is 5.41 Å². The molecule has 1 atom stereocenters. The molecule has 2 N–H and O–H groups in total. The molecule has 0 aliphatic carbocycles. The highest BCUT2D eigenvalue weighted by Crippen LogP contribution is 2.41. The maximum Gasteiger partial charge on any atom is 0.410 e. The van der Waals surface area contributed by atoms with Crippen LogP contribution >= 0.6 is 0 Å². The van der Waals surface area contributed by atoms with E-state index >= 15 is 0 Å². The van der Waals surface area contributed by atoms with Gasteiger partial charge in [0.05, 0.1) is 11.5 Å². The maximum atomic E-state index is 12.2. The van der Waals surface area contributed by atoms with E-state index in [1.807, 2.05) is 32.9 Å². The van der Waals surface area contributed by atoms with Crippen molar-refractivity contribution in [3.8, 4) is 5.75 Å². The molecular weight excluding hydrogens is 368 g/mol. The zero-order valence-corrected chi connectivity index (χ0v) is 16.9. The standard InChI is InChI=1S/C19H28N2O5S/c1-18(2,3)26-17(23)21-11-19(12-21)13-27(24,25)10-16(19)20-9-8-14-4-6-15(22)7-5-14/h4-7,16,20,22H,8-13H2,1-3H3. The van der Waals surface area contributed by atoms with Crippen molar-refractivity contribution < 1.29 is 23.1 Å². The summed E-state index contributed by atoms with van der Waals surface area (Å²) in [6.45, 7) is 6.88. The van der Waals surface area contributed by atoms with E-state index in [1.165, 1.54) is 0 Å². The minimum Gasteiger partial charge on any atom is -0.508 e. The summed E-state index contributed by atoms with van der Waals surface area (Å²) in [5.74, 6) is 0.435. The molecule has 1 spiro atoms. The SMILES string of the molecule is CC(C)(C)OC(=O)N1CC2(C1)CS(=O)(=O)CC2NCCc1ccc(O)cc1. The van der Waals surface area contributed by atoms with Gasteiger partial charge in [-0.05, 0) is 51.4 Å². The highest BCUT2D eigenvalue weighted by molar-refractivity contribution is 7.91. The normalized spacial score (nSPS) is 23.2. The molecule has 1 amide bonds. The molecule has 2 aliphatic rings. The number of hydrogen-bond acceptors (Lipinski definition) is 6. The third-order valence-electron chi connectivity index (χ3n) is 5.07. The van der Waals surface area contributed by atoms with E-state index in [4.69, 9.17) is 4.74 Å². The van der Waals surface area contributed by atoms with Crippen molar-refractivity contribution in [1.29, 1.82) is 0 Å². The number of nitrogens with zero attached hydrogens (tertiary/aromatic N) is 1. The summed E-state index contributed by atoms with van der Waals surface area (Å²) >= 11 is 0. The maximum absolute atomic E-state index is 12.2. The Morgan fingerprint density at radius 3 is 2.52 bits per heavy atom. The number of carbonyl (C=O) groups is 1. The van der Waals surface area contributed by atoms with Gasteiger partial charge in [-0.25, -0.2) is 13.2 Å². The molecule has 7 nitrogen and oxygen atoms in total. The Bertz CT molecular complexity index is 792. The van der Waals surface area contributed by atoms with Crippen molar-refractivity contribution in [3.63, 3.8) is 0 Å². The van der Waals surface area contributed by atoms with Crippen LogP contribution in [-0.4, -0.2) is 67.3 Å². The lowest BCUT2D eigenvalue weighted by Crippen LogP contribution is -2.66. The zero-order chi connectivity index (χ0) is 19.9. The lowest BCUT2D eigenvalue weighted by atomic mass is 9.76. The molecule has 1 unspecified atom stereocenters. The average molecular weight is 397 g/mol. The Balaban J connectivity index is 1.58. The molecule has 0 bridgehead atoms. The summed E-state index contributed by atoms with van der Waals surface area (Å²) in [6.07, 6.45) is 0.350. The Morgan fingerprint density at radius 2 is 1.93 bits per heavy atom. The van der Waals surface area contributed by atoms with Gasteiger partial charge in [0.2, 0.25) is 0 Å². The van der Waals surface area contributed by atoms with E-state index in [1.54, 1.807) is 17.0 Å². The van der Waals surface area contributed by atoms with Crippen LogP contribution in [0.2, 0.25) is 0 Å². The molecule has 2 fully saturated rings. The van der Waals surface area contributed by atoms with E-state index in [0.29, 0.717) is 19.6 Å². The third-order valence-corrected chi connectivity index (χ3v) is 6.93. The van der Waals surface area contributed by atoms with Crippen LogP contribution in [0.15, 0.2) is 24.3 Å². The molecule has 0 radical (unpaired) electrons. The van der Waals surface area contributed by atoms with E-state index in [2.05, 4.69) is 5.32 Å². The predicted octanol–water partition coefficient (Wildman–Crippen LogP) is 1.56. The number of carbonyl (C=O) groups excluding carboxylic acids is 1. The number of aromatic hydroxyl groups is 1. The van der Waals surface area contributed by atoms with Gasteiger partial charge in [0.1, 0.15) is 11.4 Å². The lowest BCUT2D eigenvalue weighted by Gasteiger charge is -2.50. The lowest BCUT2D eigenvalue weighted by molar-refractivity contribution is -0.0339. The number of amides is 1. The van der Waals surface area contributed by atoms with Crippen LogP contribution in [0.4, 0.5) is 4.79 Å². The number of likely N-dealkylation sites (tertiary alicyclic amines) is 1. The molecule has 1 aromatic rings. The molecule has 1 aromatic carbocycles. The van der Waals surface area contributed by atoms with Crippen LogP contribution in [0.25, 0.3) is 0 Å². The first kappa shape index (κ1) is 19.9. The van der Waals surface area contributed by atoms with Gasteiger partial charge in [0.25, 0.3) is 0 Å². The van der Waals surface area contributed by atoms with Crippen LogP contribution < -0.4 is 5.32 Å². The van der Waals surface area contributed by atoms with Crippen molar-refractivity contribution in [2.45, 2.75) is 38.8 Å². The fourth-order valence-corrected chi connectivity index (χ4v) is 6.19. The number of phenols is 1. The minimum absolute atomic E-state index is 0.102. The van der Waals surface area contributed by atoms with E-state index in [-0.39, 0.29) is 29.4 Å². The number of ether oxygens (including phenoxy) is 1. The second-order valence-electron chi connectivity index (χ2n) is 8.68. The summed E-state index contributed by atoms with van der Waals surface area (Å²) in [5, 5.41) is 12.7. The number of benzene rings is 1. The van der Waals surface area contributed by atoms with Crippen molar-refractivity contribution >= 4 is 15.9 Å². The number of hydrogen-bond donors (Lipinski definition) is 2. The number of nitrogens with one attached hydrogen (secondary N) is 1. The van der Waals surface area contributed by atoms with Crippen molar-refractivity contribution in [1.82, 2.24) is 10.2 Å². The first-order valence-electron chi connectivity index (χ1n) is 9.18. The number of rotatable bonds is 4. The molecule has 0 aromatic heterocycles. The van der Waals surface area contributed by atoms with Gasteiger partial charge in [0.15, 0.2) is 9.84 Å². The van der Waals surface area contributed by atoms with E-state index < -0.39 is 20.9 Å². The molecule has 8 heteroatoms. The topological polar surface area (TPSA) is 95.9 Å². The summed E-state index contributed by atoms with van der Waals surface area (Å²) in [7, 11) is -3.12. The van der Waals surface area contributed by atoms with Crippen molar-refractivity contribution in [2.75, 3.05) is 31.1 Å². The minimum atomic E-state index is -3.12. The molecule has 0 saturated carbocycles. The van der Waals surface area contributed by atoms with E-state index in [0.717, 1.165) is 12.0 Å². The summed E-state index contributed by atoms with van der Waals surface area (Å²) in [6, 6.07) is 6.82. The van der Waals surface area contributed by atoms with Crippen LogP contribution in [0.3, 0.4) is 0 Å². The second kappa shape index (κ2) is 6.98. The van der Waals surface area contributed by atoms with Crippen LogP contribution in [0.1, 0.15) is 26.3 Å². The summed E-state index contributed by atoms with van der Waals surface area (Å²) < 4.78 is 29.8. The highest BCUT2D eigenvalue weighted by Gasteiger charge is 2.58. The quantitative estimate of drug-likeness (QED) is 0.802. The zero-order valence-electron chi connectivity index (χ0n) is 16.1. The highest BCUT2D eigenvalue weighted by atomic mass is 32.2. The molecule has 2 aliphatic heterocycles. The van der Waals surface area contributed by atoms with Crippen molar-refractivity contribution in [2.24, 2.45) is 5.41 Å². The van der Waals surface area contributed by atoms with Crippen LogP contribution in [-0.2, 0) is 21.0 Å². The van der Waals surface area contributed by atoms with Gasteiger partial charge in [-0.1, -0.05) is 12.1 Å². The summed E-state index contributed by atoms with van der Waals surface area (Å²) in [4.78, 5) is 13.8. The molecule has 2 heterocycles. The van der Waals surface area contributed by atoms with E-state index in [9.17, 15) is 18.3 Å². The third kappa shape index (κ3) is 4.73. The number of phenolic OH excluding ortho intramolecular Hbond substituents is 1. The first-order chi connectivity index (χ1) is 12.5. The molecule has 150 valence electrons. The Morgan fingerprint density at radius 1 is 1.30 bits per heavy atom. The molecule has 27 heavy (non-hydrogen) atoms. The Labute approximate surface area is 160 Å². The van der Waals surface area contributed by atoms with Gasteiger partial charge in [-0.2, -0.15) is 0 Å². The second-order valence-corrected chi connectivity index (χ2v) is 10.8. The van der Waals surface area contributed by atoms with Gasteiger partial charge >= 0.3 is 6.09 Å². The van der Waals surface area contributed by atoms with Crippen molar-refractivity contribution in [3.05, 3.63) is 29.8 Å². The Kier molecular flexibility index (Phi) is 5.16. The fourth-order valence-electron chi connectivity index (χ4n) is 3.84. The average Bonchev–Trinajstić information content (AvgIpc) is 2.77. The largest absolute Gasteiger partial charge is 0.508 e. The monoisotopic (exact) mass is 396 g/mol. The van der Waals surface area contributed by atoms with Gasteiger partial charge in [-0.3, -0.25) is 0 Å². The molecular formula is C19H28N2O5S. The Hall–Kier alpha value is -1.80. The number of sulfone groups is 1. The van der Waals surface area contributed by atoms with Gasteiger partial charge in [0, 0.05) is 24.5 Å². The van der Waals surface area contributed by atoms with Gasteiger partial charge < -0.3 is 20.1 Å². The first-order valence-corrected chi connectivity index (χ1v) is 11.0. The van der Waals surface area contributed by atoms with Gasteiger partial charge in [-0.15, -0.1) is 0 Å². The molecule has 3 rings (SSSR count). The fraction of sp³-hybridized carbons (Fsp3) is 0.632. The molecule has 2 saturated heterocycles. The summed E-state index contributed by atoms with van der Waals surface area (Å²) in [5.41, 5.74) is 0.0767.